The zero-order valence-electron chi connectivity index (χ0n) is 12.5. The van der Waals surface area contributed by atoms with Crippen molar-refractivity contribution in [3.05, 3.63) is 23.8 Å². The van der Waals surface area contributed by atoms with Crippen LogP contribution >= 0.6 is 0 Å². The number of hydrogen-bond donors (Lipinski definition) is 2. The number of nitrogens with one attached hydrogen (secondary N) is 1. The first-order valence-corrected chi connectivity index (χ1v) is 7.02. The largest absolute Gasteiger partial charge is 0.482 e. The first-order chi connectivity index (χ1) is 10.4. The monoisotopic (exact) mass is 306 g/mol. The fourth-order valence-electron chi connectivity index (χ4n) is 2.08. The van der Waals surface area contributed by atoms with Gasteiger partial charge in [-0.3, -0.25) is 14.5 Å². The summed E-state index contributed by atoms with van der Waals surface area (Å²) in [6.45, 7) is 3.50. The number of fused-ring (bicyclic) bond motifs is 1. The molecule has 0 saturated carbocycles. The molecular formula is C15H18N2O5. The molecule has 1 aliphatic rings. The van der Waals surface area contributed by atoms with Gasteiger partial charge in [0.25, 0.3) is 5.91 Å². The van der Waals surface area contributed by atoms with Crippen LogP contribution in [0.2, 0.25) is 0 Å². The molecule has 1 unspecified atom stereocenters. The van der Waals surface area contributed by atoms with E-state index in [4.69, 9.17) is 9.84 Å². The average molecular weight is 306 g/mol. The Hall–Kier alpha value is -2.57. The van der Waals surface area contributed by atoms with Gasteiger partial charge in [0.1, 0.15) is 12.3 Å². The molecule has 7 heteroatoms. The molecule has 0 spiro atoms. The van der Waals surface area contributed by atoms with Gasteiger partial charge in [-0.25, -0.2) is 4.79 Å². The number of nitrogens with zero attached hydrogens (tertiary/aromatic N) is 1. The van der Waals surface area contributed by atoms with Crippen molar-refractivity contribution in [2.45, 2.75) is 26.3 Å². The van der Waals surface area contributed by atoms with E-state index in [1.807, 2.05) is 13.8 Å². The topological polar surface area (TPSA) is 95.9 Å². The molecule has 1 atom stereocenters. The van der Waals surface area contributed by atoms with Crippen molar-refractivity contribution in [3.63, 3.8) is 0 Å². The number of carbonyl (C=O) groups is 3. The Balaban J connectivity index is 2.21. The number of carbonyl (C=O) groups excluding carboxylic acids is 2. The molecule has 1 aliphatic heterocycles. The minimum atomic E-state index is -1.08. The lowest BCUT2D eigenvalue weighted by Gasteiger charge is -2.29. The van der Waals surface area contributed by atoms with Crippen LogP contribution in [0.4, 0.5) is 5.69 Å². The highest BCUT2D eigenvalue weighted by atomic mass is 16.5. The molecule has 0 bridgehead atoms. The summed E-state index contributed by atoms with van der Waals surface area (Å²) < 4.78 is 5.25. The van der Waals surface area contributed by atoms with Gasteiger partial charge in [0.15, 0.2) is 6.61 Å². The number of aromatic carboxylic acids is 1. The third kappa shape index (κ3) is 3.36. The summed E-state index contributed by atoms with van der Waals surface area (Å²) in [5.74, 6) is -1.40. The van der Waals surface area contributed by atoms with E-state index in [0.717, 1.165) is 6.42 Å². The lowest BCUT2D eigenvalue weighted by molar-refractivity contribution is -0.125. The number of benzene rings is 1. The molecule has 118 valence electrons. The van der Waals surface area contributed by atoms with Crippen LogP contribution in [0.3, 0.4) is 0 Å². The van der Waals surface area contributed by atoms with Gasteiger partial charge in [-0.2, -0.15) is 0 Å². The molecule has 22 heavy (non-hydrogen) atoms. The number of carboxylic acids is 1. The fraction of sp³-hybridized carbons (Fsp3) is 0.400. The summed E-state index contributed by atoms with van der Waals surface area (Å²) in [4.78, 5) is 36.2. The highest BCUT2D eigenvalue weighted by Crippen LogP contribution is 2.32. The molecule has 0 saturated heterocycles. The van der Waals surface area contributed by atoms with Crippen LogP contribution in [0.5, 0.6) is 5.75 Å². The van der Waals surface area contributed by atoms with Crippen molar-refractivity contribution in [2.75, 3.05) is 18.1 Å². The van der Waals surface area contributed by atoms with Gasteiger partial charge in [-0.15, -0.1) is 0 Å². The molecular weight excluding hydrogens is 288 g/mol. The van der Waals surface area contributed by atoms with E-state index >= 15 is 0 Å². The minimum Gasteiger partial charge on any atom is -0.482 e. The van der Waals surface area contributed by atoms with E-state index in [0.29, 0.717) is 5.69 Å². The summed E-state index contributed by atoms with van der Waals surface area (Å²) in [7, 11) is 0. The predicted octanol–water partition coefficient (Wildman–Crippen LogP) is 1.02. The van der Waals surface area contributed by atoms with Crippen LogP contribution in [-0.4, -0.2) is 42.1 Å². The van der Waals surface area contributed by atoms with Crippen molar-refractivity contribution in [1.29, 1.82) is 0 Å². The lowest BCUT2D eigenvalue weighted by atomic mass is 10.1. The molecule has 1 aromatic carbocycles. The molecule has 2 rings (SSSR count). The highest BCUT2D eigenvalue weighted by molar-refractivity contribution is 6.03. The number of rotatable bonds is 5. The predicted molar refractivity (Wildman–Crippen MR) is 79.1 cm³/mol. The Morgan fingerprint density at radius 2 is 2.18 bits per heavy atom. The Morgan fingerprint density at radius 1 is 1.45 bits per heavy atom. The van der Waals surface area contributed by atoms with Crippen molar-refractivity contribution in [3.8, 4) is 5.75 Å². The van der Waals surface area contributed by atoms with Gasteiger partial charge in [-0.05, 0) is 31.5 Å². The third-order valence-electron chi connectivity index (χ3n) is 3.47. The van der Waals surface area contributed by atoms with Crippen LogP contribution in [0.25, 0.3) is 0 Å². The van der Waals surface area contributed by atoms with E-state index < -0.39 is 5.97 Å². The van der Waals surface area contributed by atoms with E-state index in [-0.39, 0.29) is 42.3 Å². The maximum atomic E-state index is 12.0. The lowest BCUT2D eigenvalue weighted by Crippen LogP contribution is -2.46. The van der Waals surface area contributed by atoms with E-state index in [9.17, 15) is 14.4 Å². The van der Waals surface area contributed by atoms with Crippen LogP contribution in [0.1, 0.15) is 30.6 Å². The molecule has 2 amide bonds. The fourth-order valence-corrected chi connectivity index (χ4v) is 2.08. The smallest absolute Gasteiger partial charge is 0.335 e. The van der Waals surface area contributed by atoms with Crippen LogP contribution in [0, 0.1) is 0 Å². The summed E-state index contributed by atoms with van der Waals surface area (Å²) >= 11 is 0. The molecule has 0 radical (unpaired) electrons. The Morgan fingerprint density at radius 3 is 2.82 bits per heavy atom. The molecule has 0 fully saturated rings. The summed E-state index contributed by atoms with van der Waals surface area (Å²) in [6.07, 6.45) is 0.793. The Labute approximate surface area is 127 Å². The average Bonchev–Trinajstić information content (AvgIpc) is 2.49. The molecule has 0 aliphatic carbocycles. The number of ether oxygens (including phenoxy) is 1. The second-order valence-corrected chi connectivity index (χ2v) is 5.13. The molecule has 0 aromatic heterocycles. The second kappa shape index (κ2) is 6.46. The Bertz CT molecular complexity index is 614. The van der Waals surface area contributed by atoms with Gasteiger partial charge < -0.3 is 15.2 Å². The van der Waals surface area contributed by atoms with E-state index in [1.54, 1.807) is 0 Å². The first kappa shape index (κ1) is 15.8. The van der Waals surface area contributed by atoms with Crippen LogP contribution < -0.4 is 15.0 Å². The van der Waals surface area contributed by atoms with Crippen molar-refractivity contribution in [2.24, 2.45) is 0 Å². The molecule has 1 aromatic rings. The van der Waals surface area contributed by atoms with Gasteiger partial charge in [0, 0.05) is 6.04 Å². The number of anilines is 1. The zero-order valence-corrected chi connectivity index (χ0v) is 12.5. The van der Waals surface area contributed by atoms with Crippen molar-refractivity contribution < 1.29 is 24.2 Å². The quantitative estimate of drug-likeness (QED) is 0.847. The SMILES string of the molecule is CCC(C)NC(=O)CN1C(=O)COc2cc(C(=O)O)ccc21. The standard InChI is InChI=1S/C15H18N2O5/c1-3-9(2)16-13(18)7-17-11-5-4-10(15(20)21)6-12(11)22-8-14(17)19/h4-6,9H,3,7-8H2,1-2H3,(H,16,18)(H,20,21). The number of hydrogen-bond acceptors (Lipinski definition) is 4. The summed E-state index contributed by atoms with van der Waals surface area (Å²) in [6, 6.07) is 4.23. The Kier molecular flexibility index (Phi) is 4.65. The molecule has 2 N–H and O–H groups in total. The van der Waals surface area contributed by atoms with Gasteiger partial charge >= 0.3 is 5.97 Å². The minimum absolute atomic E-state index is 0.0255. The maximum absolute atomic E-state index is 12.0. The third-order valence-corrected chi connectivity index (χ3v) is 3.47. The molecule has 1 heterocycles. The number of carboxylic acid groups (broad SMARTS) is 1. The summed E-state index contributed by atoms with van der Waals surface area (Å²) in [5, 5.41) is 11.8. The first-order valence-electron chi connectivity index (χ1n) is 7.02. The van der Waals surface area contributed by atoms with Crippen LogP contribution in [-0.2, 0) is 9.59 Å². The van der Waals surface area contributed by atoms with Crippen molar-refractivity contribution >= 4 is 23.5 Å². The highest BCUT2D eigenvalue weighted by Gasteiger charge is 2.28. The summed E-state index contributed by atoms with van der Waals surface area (Å²) in [5.41, 5.74) is 0.470. The maximum Gasteiger partial charge on any atom is 0.335 e. The second-order valence-electron chi connectivity index (χ2n) is 5.13. The van der Waals surface area contributed by atoms with Gasteiger partial charge in [-0.1, -0.05) is 6.92 Å². The van der Waals surface area contributed by atoms with E-state index in [1.165, 1.54) is 23.1 Å². The van der Waals surface area contributed by atoms with Crippen LogP contribution in [0.15, 0.2) is 18.2 Å². The van der Waals surface area contributed by atoms with Gasteiger partial charge in [0.05, 0.1) is 11.3 Å². The molecule has 7 nitrogen and oxygen atoms in total. The normalized spacial score (nSPS) is 14.8. The van der Waals surface area contributed by atoms with Crippen molar-refractivity contribution in [1.82, 2.24) is 5.32 Å². The van der Waals surface area contributed by atoms with E-state index in [2.05, 4.69) is 5.32 Å². The van der Waals surface area contributed by atoms with Gasteiger partial charge in [0.2, 0.25) is 5.91 Å². The zero-order chi connectivity index (χ0) is 16.3. The number of amides is 2.